The van der Waals surface area contributed by atoms with Gasteiger partial charge in [-0.3, -0.25) is 14.6 Å². The number of aromatic nitrogens is 1. The molecule has 0 aliphatic rings. The van der Waals surface area contributed by atoms with Crippen molar-refractivity contribution in [1.29, 1.82) is 0 Å². The van der Waals surface area contributed by atoms with Gasteiger partial charge in [-0.15, -0.1) is 0 Å². The largest absolute Gasteiger partial charge is 0.480 e. The molecule has 0 unspecified atom stereocenters. The summed E-state index contributed by atoms with van der Waals surface area (Å²) in [6.07, 6.45) is 2.06. The lowest BCUT2D eigenvalue weighted by molar-refractivity contribution is -0.139. The molecule has 6 N–H and O–H groups in total. The molecule has 3 aromatic carbocycles. The molecule has 0 radical (unpaired) electrons. The van der Waals surface area contributed by atoms with E-state index in [0.717, 1.165) is 11.1 Å². The maximum absolute atomic E-state index is 13.2. The number of carbonyl (C=O) groups is 2. The van der Waals surface area contributed by atoms with E-state index >= 15 is 0 Å². The fourth-order valence-electron chi connectivity index (χ4n) is 4.71. The van der Waals surface area contributed by atoms with Gasteiger partial charge in [0.25, 0.3) is 11.5 Å². The van der Waals surface area contributed by atoms with E-state index in [1.807, 2.05) is 48.5 Å². The van der Waals surface area contributed by atoms with E-state index in [2.05, 4.69) is 46.7 Å². The first-order valence-corrected chi connectivity index (χ1v) is 13.3. The average molecular weight is 552 g/mol. The van der Waals surface area contributed by atoms with E-state index in [1.54, 1.807) is 12.3 Å². The number of hydrogen-bond acceptors (Lipinski definition) is 4. The number of guanidine groups is 1. The molecular formula is C32H33N5O4. The average Bonchev–Trinajstić information content (AvgIpc) is 2.97. The Labute approximate surface area is 238 Å². The van der Waals surface area contributed by atoms with Crippen molar-refractivity contribution in [2.24, 2.45) is 16.5 Å². The SMILES string of the molecule is NC(N)=NCCC[C@H](NC(=O)c1cccn(Cc2ccc(C(c3ccccc3)c3ccccc3)cc2)c1=O)C(=O)O. The number of nitrogens with zero attached hydrogens (tertiary/aromatic N) is 2. The number of nitrogens with two attached hydrogens (primary N) is 2. The second-order valence-corrected chi connectivity index (χ2v) is 9.66. The molecule has 41 heavy (non-hydrogen) atoms. The summed E-state index contributed by atoms with van der Waals surface area (Å²) in [7, 11) is 0. The number of aliphatic imine (C=N–C) groups is 1. The molecule has 1 aromatic heterocycles. The number of pyridine rings is 1. The molecule has 9 nitrogen and oxygen atoms in total. The van der Waals surface area contributed by atoms with Crippen LogP contribution in [0.15, 0.2) is 113 Å². The van der Waals surface area contributed by atoms with Crippen molar-refractivity contribution >= 4 is 17.8 Å². The maximum atomic E-state index is 13.2. The summed E-state index contributed by atoms with van der Waals surface area (Å²) in [6, 6.07) is 30.4. The summed E-state index contributed by atoms with van der Waals surface area (Å²) in [4.78, 5) is 41.5. The van der Waals surface area contributed by atoms with Gasteiger partial charge in [0.1, 0.15) is 11.6 Å². The summed E-state index contributed by atoms with van der Waals surface area (Å²) in [5.74, 6) is -1.98. The van der Waals surface area contributed by atoms with Crippen LogP contribution in [0.2, 0.25) is 0 Å². The van der Waals surface area contributed by atoms with Crippen molar-refractivity contribution in [3.05, 3.63) is 141 Å². The highest BCUT2D eigenvalue weighted by Crippen LogP contribution is 2.31. The van der Waals surface area contributed by atoms with Gasteiger partial charge in [0, 0.05) is 18.7 Å². The van der Waals surface area contributed by atoms with Crippen LogP contribution in [0.5, 0.6) is 0 Å². The minimum absolute atomic E-state index is 0.0582. The van der Waals surface area contributed by atoms with E-state index in [4.69, 9.17) is 11.5 Å². The zero-order valence-corrected chi connectivity index (χ0v) is 22.5. The van der Waals surface area contributed by atoms with Crippen molar-refractivity contribution in [3.63, 3.8) is 0 Å². The van der Waals surface area contributed by atoms with Crippen LogP contribution < -0.4 is 22.3 Å². The van der Waals surface area contributed by atoms with Gasteiger partial charge in [-0.2, -0.15) is 0 Å². The Hall–Kier alpha value is -5.18. The van der Waals surface area contributed by atoms with Gasteiger partial charge in [0.2, 0.25) is 0 Å². The van der Waals surface area contributed by atoms with Gasteiger partial charge in [-0.25, -0.2) is 4.79 Å². The standard InChI is InChI=1S/C32H33N5O4/c33-32(34)35-19-7-14-27(31(40)41)36-29(38)26-13-8-20-37(30(26)39)21-22-15-17-25(18-16-22)28(23-9-3-1-4-10-23)24-11-5-2-6-12-24/h1-6,8-13,15-18,20,27-28H,7,14,19,21H2,(H,36,38)(H,40,41)(H4,33,34,35)/t27-/m0/s1. The van der Waals surface area contributed by atoms with E-state index in [9.17, 15) is 19.5 Å². The number of carboxylic acids is 1. The minimum atomic E-state index is -1.20. The van der Waals surface area contributed by atoms with Crippen LogP contribution in [0.3, 0.4) is 0 Å². The third-order valence-electron chi connectivity index (χ3n) is 6.75. The third-order valence-corrected chi connectivity index (χ3v) is 6.75. The zero-order chi connectivity index (χ0) is 29.2. The lowest BCUT2D eigenvalue weighted by atomic mass is 9.85. The lowest BCUT2D eigenvalue weighted by Gasteiger charge is -2.19. The van der Waals surface area contributed by atoms with Crippen molar-refractivity contribution in [1.82, 2.24) is 9.88 Å². The fourth-order valence-corrected chi connectivity index (χ4v) is 4.71. The molecule has 1 heterocycles. The van der Waals surface area contributed by atoms with Gasteiger partial charge in [0.15, 0.2) is 5.96 Å². The molecule has 0 aliphatic heterocycles. The molecule has 210 valence electrons. The molecule has 0 bridgehead atoms. The maximum Gasteiger partial charge on any atom is 0.326 e. The molecule has 0 spiro atoms. The van der Waals surface area contributed by atoms with Crippen LogP contribution in [0.4, 0.5) is 0 Å². The van der Waals surface area contributed by atoms with E-state index < -0.39 is 23.5 Å². The number of rotatable bonds is 12. The highest BCUT2D eigenvalue weighted by molar-refractivity contribution is 5.96. The van der Waals surface area contributed by atoms with Crippen LogP contribution >= 0.6 is 0 Å². The summed E-state index contributed by atoms with van der Waals surface area (Å²) in [6.45, 7) is 0.485. The molecule has 1 amide bonds. The van der Waals surface area contributed by atoms with Gasteiger partial charge < -0.3 is 26.5 Å². The molecule has 0 aliphatic carbocycles. The number of carbonyl (C=O) groups excluding carboxylic acids is 1. The first-order valence-electron chi connectivity index (χ1n) is 13.3. The fraction of sp³-hybridized carbons (Fsp3) is 0.188. The quantitative estimate of drug-likeness (QED) is 0.0917. The molecule has 9 heteroatoms. The van der Waals surface area contributed by atoms with Gasteiger partial charge >= 0.3 is 5.97 Å². The van der Waals surface area contributed by atoms with E-state index in [-0.39, 0.29) is 37.0 Å². The van der Waals surface area contributed by atoms with Gasteiger partial charge in [0.05, 0.1) is 6.54 Å². The number of amides is 1. The summed E-state index contributed by atoms with van der Waals surface area (Å²) < 4.78 is 1.43. The monoisotopic (exact) mass is 551 g/mol. The Balaban J connectivity index is 1.50. The predicted molar refractivity (Wildman–Crippen MR) is 159 cm³/mol. The number of nitrogens with one attached hydrogen (secondary N) is 1. The van der Waals surface area contributed by atoms with Crippen molar-refractivity contribution in [2.75, 3.05) is 6.54 Å². The Morgan fingerprint density at radius 1 is 0.829 bits per heavy atom. The van der Waals surface area contributed by atoms with Gasteiger partial charge in [-0.1, -0.05) is 84.9 Å². The van der Waals surface area contributed by atoms with Crippen LogP contribution in [0.25, 0.3) is 0 Å². The van der Waals surface area contributed by atoms with E-state index in [0.29, 0.717) is 6.42 Å². The molecular weight excluding hydrogens is 518 g/mol. The van der Waals surface area contributed by atoms with Crippen LogP contribution in [0, 0.1) is 0 Å². The second-order valence-electron chi connectivity index (χ2n) is 9.66. The van der Waals surface area contributed by atoms with E-state index in [1.165, 1.54) is 21.8 Å². The molecule has 0 saturated heterocycles. The number of hydrogen-bond donors (Lipinski definition) is 4. The Morgan fingerprint density at radius 2 is 1.41 bits per heavy atom. The lowest BCUT2D eigenvalue weighted by Crippen LogP contribution is -2.43. The predicted octanol–water partition coefficient (Wildman–Crippen LogP) is 3.31. The number of carboxylic acid groups (broad SMARTS) is 1. The van der Waals surface area contributed by atoms with Crippen molar-refractivity contribution < 1.29 is 14.7 Å². The third kappa shape index (κ3) is 7.69. The minimum Gasteiger partial charge on any atom is -0.480 e. The Morgan fingerprint density at radius 3 is 1.98 bits per heavy atom. The van der Waals surface area contributed by atoms with Crippen molar-refractivity contribution in [3.8, 4) is 0 Å². The van der Waals surface area contributed by atoms with Gasteiger partial charge in [-0.05, 0) is 47.2 Å². The molecule has 0 saturated carbocycles. The molecule has 1 atom stereocenters. The first-order chi connectivity index (χ1) is 19.8. The highest BCUT2D eigenvalue weighted by atomic mass is 16.4. The topological polar surface area (TPSA) is 153 Å². The zero-order valence-electron chi connectivity index (χ0n) is 22.5. The van der Waals surface area contributed by atoms with Crippen LogP contribution in [0.1, 0.15) is 51.4 Å². The highest BCUT2D eigenvalue weighted by Gasteiger charge is 2.22. The number of benzene rings is 3. The Kier molecular flexibility index (Phi) is 9.66. The number of aliphatic carboxylic acids is 1. The summed E-state index contributed by atoms with van der Waals surface area (Å²) in [5, 5.41) is 12.0. The van der Waals surface area contributed by atoms with Crippen LogP contribution in [-0.4, -0.2) is 40.1 Å². The Bertz CT molecular complexity index is 1510. The second kappa shape index (κ2) is 13.7. The molecule has 4 aromatic rings. The molecule has 0 fully saturated rings. The van der Waals surface area contributed by atoms with Crippen LogP contribution in [-0.2, 0) is 11.3 Å². The summed E-state index contributed by atoms with van der Waals surface area (Å²) >= 11 is 0. The first kappa shape index (κ1) is 28.8. The smallest absolute Gasteiger partial charge is 0.326 e. The summed E-state index contributed by atoms with van der Waals surface area (Å²) in [5.41, 5.74) is 14.3. The normalized spacial score (nSPS) is 11.5. The molecule has 4 rings (SSSR count). The van der Waals surface area contributed by atoms with Crippen molar-refractivity contribution in [2.45, 2.75) is 31.3 Å².